The number of ketones is 1. The molecule has 0 amide bonds. The molecule has 0 saturated carbocycles. The van der Waals surface area contributed by atoms with Gasteiger partial charge in [-0.1, -0.05) is 18.2 Å². The monoisotopic (exact) mass is 225 g/mol. The summed E-state index contributed by atoms with van der Waals surface area (Å²) in [6.07, 6.45) is 6.17. The van der Waals surface area contributed by atoms with Gasteiger partial charge >= 0.3 is 0 Å². The minimum absolute atomic E-state index is 0.115. The van der Waals surface area contributed by atoms with Crippen LogP contribution in [0.3, 0.4) is 0 Å². The van der Waals surface area contributed by atoms with E-state index < -0.39 is 0 Å². The van der Waals surface area contributed by atoms with Crippen molar-refractivity contribution in [2.75, 3.05) is 0 Å². The first-order valence-electron chi connectivity index (χ1n) is 5.18. The second-order valence-corrected chi connectivity index (χ2v) is 3.49. The van der Waals surface area contributed by atoms with Crippen LogP contribution in [0.5, 0.6) is 5.75 Å². The van der Waals surface area contributed by atoms with Crippen molar-refractivity contribution in [2.24, 2.45) is 0 Å². The summed E-state index contributed by atoms with van der Waals surface area (Å²) in [5.74, 6) is 0.0435. The van der Waals surface area contributed by atoms with Crippen molar-refractivity contribution in [3.63, 3.8) is 0 Å². The van der Waals surface area contributed by atoms with Gasteiger partial charge in [-0.05, 0) is 30.4 Å². The number of carbonyl (C=O) groups excluding carboxylic acids is 1. The lowest BCUT2D eigenvalue weighted by Gasteiger charge is -1.97. The minimum atomic E-state index is -0.115. The van der Waals surface area contributed by atoms with Crippen LogP contribution in [0.15, 0.2) is 54.9 Å². The second-order valence-electron chi connectivity index (χ2n) is 3.49. The van der Waals surface area contributed by atoms with E-state index >= 15 is 0 Å². The summed E-state index contributed by atoms with van der Waals surface area (Å²) in [5, 5.41) is 9.52. The Labute approximate surface area is 99.1 Å². The molecule has 1 aromatic carbocycles. The summed E-state index contributed by atoms with van der Waals surface area (Å²) in [7, 11) is 0. The van der Waals surface area contributed by atoms with Gasteiger partial charge < -0.3 is 5.11 Å². The first-order chi connectivity index (χ1) is 8.27. The van der Waals surface area contributed by atoms with Crippen molar-refractivity contribution >= 4 is 11.9 Å². The Hall–Kier alpha value is -2.42. The van der Waals surface area contributed by atoms with Crippen LogP contribution in [0.25, 0.3) is 6.08 Å². The molecule has 0 saturated heterocycles. The first-order valence-corrected chi connectivity index (χ1v) is 5.18. The lowest BCUT2D eigenvalue weighted by Crippen LogP contribution is -1.93. The van der Waals surface area contributed by atoms with Crippen LogP contribution in [0, 0.1) is 0 Å². The van der Waals surface area contributed by atoms with E-state index in [1.165, 1.54) is 6.08 Å². The number of pyridine rings is 1. The Balaban J connectivity index is 2.17. The number of benzene rings is 1. The molecule has 1 aromatic heterocycles. The zero-order chi connectivity index (χ0) is 12.1. The fourth-order valence-electron chi connectivity index (χ4n) is 1.41. The lowest BCUT2D eigenvalue weighted by molar-refractivity contribution is 0.104. The highest BCUT2D eigenvalue weighted by Gasteiger charge is 2.00. The second kappa shape index (κ2) is 5.07. The van der Waals surface area contributed by atoms with Gasteiger partial charge in [0.05, 0.1) is 0 Å². The molecule has 0 unspecified atom stereocenters. The SMILES string of the molecule is O=C(/C=C/c1ccccc1O)c1ccncc1. The van der Waals surface area contributed by atoms with Gasteiger partial charge in [0.1, 0.15) is 5.75 Å². The van der Waals surface area contributed by atoms with Crippen LogP contribution in [-0.4, -0.2) is 15.9 Å². The number of para-hydroxylation sites is 1. The van der Waals surface area contributed by atoms with Crippen LogP contribution in [0.2, 0.25) is 0 Å². The number of hydrogen-bond donors (Lipinski definition) is 1. The van der Waals surface area contributed by atoms with Gasteiger partial charge in [0.2, 0.25) is 0 Å². The fraction of sp³-hybridized carbons (Fsp3) is 0. The summed E-state index contributed by atoms with van der Waals surface area (Å²) in [6.45, 7) is 0. The van der Waals surface area contributed by atoms with Crippen molar-refractivity contribution in [1.82, 2.24) is 4.98 Å². The van der Waals surface area contributed by atoms with Crippen molar-refractivity contribution in [3.05, 3.63) is 66.0 Å². The molecular formula is C14H11NO2. The molecule has 2 aromatic rings. The van der Waals surface area contributed by atoms with Crippen LogP contribution in [0.4, 0.5) is 0 Å². The van der Waals surface area contributed by atoms with Gasteiger partial charge in [0, 0.05) is 23.5 Å². The van der Waals surface area contributed by atoms with Crippen molar-refractivity contribution in [3.8, 4) is 5.75 Å². The zero-order valence-electron chi connectivity index (χ0n) is 9.08. The summed E-state index contributed by atoms with van der Waals surface area (Å²) in [6, 6.07) is 10.2. The highest BCUT2D eigenvalue weighted by atomic mass is 16.3. The van der Waals surface area contributed by atoms with E-state index in [0.29, 0.717) is 11.1 Å². The third kappa shape index (κ3) is 2.78. The number of carbonyl (C=O) groups is 1. The number of phenolic OH excluding ortho intramolecular Hbond substituents is 1. The van der Waals surface area contributed by atoms with Gasteiger partial charge in [0.25, 0.3) is 0 Å². The number of phenols is 1. The normalized spacial score (nSPS) is 10.6. The highest BCUT2D eigenvalue weighted by Crippen LogP contribution is 2.17. The lowest BCUT2D eigenvalue weighted by atomic mass is 10.1. The number of nitrogens with zero attached hydrogens (tertiary/aromatic N) is 1. The largest absolute Gasteiger partial charge is 0.507 e. The molecule has 0 fully saturated rings. The molecule has 0 aliphatic rings. The molecule has 3 heteroatoms. The predicted molar refractivity (Wildman–Crippen MR) is 65.7 cm³/mol. The number of aromatic nitrogens is 1. The van der Waals surface area contributed by atoms with Gasteiger partial charge in [-0.15, -0.1) is 0 Å². The molecule has 1 N–H and O–H groups in total. The Morgan fingerprint density at radius 3 is 2.53 bits per heavy atom. The number of hydrogen-bond acceptors (Lipinski definition) is 3. The van der Waals surface area contributed by atoms with E-state index in [9.17, 15) is 9.90 Å². The molecule has 2 rings (SSSR count). The Morgan fingerprint density at radius 2 is 1.82 bits per heavy atom. The third-order valence-corrected chi connectivity index (χ3v) is 2.32. The first kappa shape index (κ1) is 11.1. The van der Waals surface area contributed by atoms with Gasteiger partial charge in [-0.25, -0.2) is 0 Å². The average molecular weight is 225 g/mol. The highest BCUT2D eigenvalue weighted by molar-refractivity contribution is 6.06. The van der Waals surface area contributed by atoms with E-state index in [1.54, 1.807) is 54.9 Å². The maximum absolute atomic E-state index is 11.7. The standard InChI is InChI=1S/C14H11NO2/c16-13-4-2-1-3-11(13)5-6-14(17)12-7-9-15-10-8-12/h1-10,16H/b6-5+. The Kier molecular flexibility index (Phi) is 3.31. The molecular weight excluding hydrogens is 214 g/mol. The van der Waals surface area contributed by atoms with Crippen LogP contribution in [-0.2, 0) is 0 Å². The molecule has 0 atom stereocenters. The smallest absolute Gasteiger partial charge is 0.185 e. The molecule has 0 aliphatic carbocycles. The average Bonchev–Trinajstić information content (AvgIpc) is 2.38. The van der Waals surface area contributed by atoms with Crippen LogP contribution in [0.1, 0.15) is 15.9 Å². The van der Waals surface area contributed by atoms with Crippen molar-refractivity contribution in [1.29, 1.82) is 0 Å². The van der Waals surface area contributed by atoms with Crippen LogP contribution >= 0.6 is 0 Å². The topological polar surface area (TPSA) is 50.2 Å². The van der Waals surface area contributed by atoms with E-state index in [-0.39, 0.29) is 11.5 Å². The fourth-order valence-corrected chi connectivity index (χ4v) is 1.41. The van der Waals surface area contributed by atoms with E-state index in [1.807, 2.05) is 0 Å². The third-order valence-electron chi connectivity index (χ3n) is 2.32. The quantitative estimate of drug-likeness (QED) is 0.645. The maximum atomic E-state index is 11.7. The minimum Gasteiger partial charge on any atom is -0.507 e. The Bertz CT molecular complexity index is 547. The maximum Gasteiger partial charge on any atom is 0.185 e. The molecule has 17 heavy (non-hydrogen) atoms. The molecule has 0 radical (unpaired) electrons. The van der Waals surface area contributed by atoms with E-state index in [4.69, 9.17) is 0 Å². The number of aromatic hydroxyl groups is 1. The summed E-state index contributed by atoms with van der Waals surface area (Å²) < 4.78 is 0. The van der Waals surface area contributed by atoms with Gasteiger partial charge in [-0.3, -0.25) is 9.78 Å². The zero-order valence-corrected chi connectivity index (χ0v) is 9.08. The number of rotatable bonds is 3. The van der Waals surface area contributed by atoms with Gasteiger partial charge in [-0.2, -0.15) is 0 Å². The molecule has 3 nitrogen and oxygen atoms in total. The van der Waals surface area contributed by atoms with Crippen LogP contribution < -0.4 is 0 Å². The number of allylic oxidation sites excluding steroid dienone is 1. The van der Waals surface area contributed by atoms with Crippen molar-refractivity contribution < 1.29 is 9.90 Å². The van der Waals surface area contributed by atoms with Gasteiger partial charge in [0.15, 0.2) is 5.78 Å². The Morgan fingerprint density at radius 1 is 1.12 bits per heavy atom. The molecule has 0 bridgehead atoms. The van der Waals surface area contributed by atoms with E-state index in [0.717, 1.165) is 0 Å². The predicted octanol–water partition coefficient (Wildman–Crippen LogP) is 2.68. The molecule has 84 valence electrons. The molecule has 0 spiro atoms. The molecule has 0 aliphatic heterocycles. The molecule has 1 heterocycles. The van der Waals surface area contributed by atoms with Crippen molar-refractivity contribution in [2.45, 2.75) is 0 Å². The summed E-state index contributed by atoms with van der Waals surface area (Å²) >= 11 is 0. The van der Waals surface area contributed by atoms with E-state index in [2.05, 4.69) is 4.98 Å². The summed E-state index contributed by atoms with van der Waals surface area (Å²) in [5.41, 5.74) is 1.20. The summed E-state index contributed by atoms with van der Waals surface area (Å²) in [4.78, 5) is 15.6.